The third-order valence-corrected chi connectivity index (χ3v) is 5.51. The number of hydrogen-bond acceptors (Lipinski definition) is 2. The van der Waals surface area contributed by atoms with Gasteiger partial charge in [-0.15, -0.1) is 11.6 Å². The molecule has 0 aromatic heterocycles. The van der Waals surface area contributed by atoms with Crippen LogP contribution < -0.4 is 0 Å². The smallest absolute Gasteiger partial charge is 0.178 e. The van der Waals surface area contributed by atoms with Crippen molar-refractivity contribution in [1.82, 2.24) is 0 Å². The average molecular weight is 275 g/mol. The van der Waals surface area contributed by atoms with E-state index in [0.717, 1.165) is 12.0 Å². The molecule has 0 spiro atoms. The van der Waals surface area contributed by atoms with Gasteiger partial charge in [0, 0.05) is 5.38 Å². The highest BCUT2D eigenvalue weighted by molar-refractivity contribution is 7.91. The van der Waals surface area contributed by atoms with E-state index in [1.165, 1.54) is 0 Å². The fraction of sp³-hybridized carbons (Fsp3) is 0.538. The van der Waals surface area contributed by atoms with Gasteiger partial charge in [-0.1, -0.05) is 32.9 Å². The molecule has 2 unspecified atom stereocenters. The van der Waals surface area contributed by atoms with E-state index >= 15 is 0 Å². The summed E-state index contributed by atoms with van der Waals surface area (Å²) in [5.41, 5.74) is 1.09. The Hall–Kier alpha value is -0.540. The Labute approximate surface area is 109 Å². The molecule has 0 aliphatic rings. The molecule has 0 fully saturated rings. The fourth-order valence-corrected chi connectivity index (χ4v) is 2.74. The zero-order valence-electron chi connectivity index (χ0n) is 10.5. The number of sulfone groups is 1. The van der Waals surface area contributed by atoms with E-state index in [4.69, 9.17) is 11.6 Å². The Balaban J connectivity index is 2.96. The van der Waals surface area contributed by atoms with Crippen molar-refractivity contribution in [2.75, 3.05) is 5.75 Å². The predicted octanol–water partition coefficient (Wildman–Crippen LogP) is 3.60. The lowest BCUT2D eigenvalue weighted by atomic mass is 9.96. The van der Waals surface area contributed by atoms with Crippen LogP contribution in [0.5, 0.6) is 0 Å². The molecule has 1 aromatic carbocycles. The Morgan fingerprint density at radius 2 is 1.71 bits per heavy atom. The second-order valence-electron chi connectivity index (χ2n) is 4.19. The van der Waals surface area contributed by atoms with Gasteiger partial charge in [-0.05, 0) is 30.0 Å². The van der Waals surface area contributed by atoms with Gasteiger partial charge < -0.3 is 0 Å². The summed E-state index contributed by atoms with van der Waals surface area (Å²) in [6, 6.07) is 7.06. The number of hydrogen-bond donors (Lipinski definition) is 0. The van der Waals surface area contributed by atoms with Crippen LogP contribution in [0.4, 0.5) is 0 Å². The van der Waals surface area contributed by atoms with Gasteiger partial charge in [0.2, 0.25) is 0 Å². The summed E-state index contributed by atoms with van der Waals surface area (Å²) in [5.74, 6) is 0.370. The maximum Gasteiger partial charge on any atom is 0.178 e. The number of benzene rings is 1. The van der Waals surface area contributed by atoms with Crippen molar-refractivity contribution in [2.24, 2.45) is 0 Å². The zero-order valence-corrected chi connectivity index (χ0v) is 12.1. The number of alkyl halides is 1. The molecule has 0 N–H and O–H groups in total. The molecule has 2 nitrogen and oxygen atoms in total. The first kappa shape index (κ1) is 14.5. The molecule has 0 heterocycles. The van der Waals surface area contributed by atoms with E-state index in [2.05, 4.69) is 6.92 Å². The molecule has 17 heavy (non-hydrogen) atoms. The molecular weight excluding hydrogens is 256 g/mol. The van der Waals surface area contributed by atoms with E-state index in [1.807, 2.05) is 19.1 Å². The van der Waals surface area contributed by atoms with Gasteiger partial charge in [0.25, 0.3) is 0 Å². The van der Waals surface area contributed by atoms with Crippen molar-refractivity contribution in [1.29, 1.82) is 0 Å². The molecule has 0 bridgehead atoms. The van der Waals surface area contributed by atoms with Crippen LogP contribution >= 0.6 is 11.6 Å². The van der Waals surface area contributed by atoms with E-state index in [9.17, 15) is 8.42 Å². The Morgan fingerprint density at radius 3 is 2.12 bits per heavy atom. The third kappa shape index (κ3) is 3.46. The lowest BCUT2D eigenvalue weighted by Crippen LogP contribution is -2.09. The van der Waals surface area contributed by atoms with Crippen LogP contribution in [0.3, 0.4) is 0 Å². The van der Waals surface area contributed by atoms with E-state index in [1.54, 1.807) is 19.1 Å². The van der Waals surface area contributed by atoms with Gasteiger partial charge in [-0.3, -0.25) is 0 Å². The molecular formula is C13H19ClO2S. The summed E-state index contributed by atoms with van der Waals surface area (Å²) >= 11 is 6.19. The molecule has 96 valence electrons. The SMILES string of the molecule is CCC(Cl)C(C)c1ccc(S(=O)(=O)CC)cc1. The van der Waals surface area contributed by atoms with Crippen LogP contribution in [0.25, 0.3) is 0 Å². The van der Waals surface area contributed by atoms with Crippen molar-refractivity contribution in [3.63, 3.8) is 0 Å². The largest absolute Gasteiger partial charge is 0.224 e. The topological polar surface area (TPSA) is 34.1 Å². The summed E-state index contributed by atoms with van der Waals surface area (Å²) in [6.45, 7) is 5.76. The summed E-state index contributed by atoms with van der Waals surface area (Å²) < 4.78 is 23.3. The minimum absolute atomic E-state index is 0.0867. The first-order chi connectivity index (χ1) is 7.92. The Morgan fingerprint density at radius 1 is 1.18 bits per heavy atom. The lowest BCUT2D eigenvalue weighted by Gasteiger charge is -2.17. The Kier molecular flexibility index (Phi) is 5.02. The van der Waals surface area contributed by atoms with Gasteiger partial charge in [-0.25, -0.2) is 8.42 Å². The van der Waals surface area contributed by atoms with Crippen molar-refractivity contribution in [2.45, 2.75) is 43.4 Å². The van der Waals surface area contributed by atoms with E-state index in [-0.39, 0.29) is 17.0 Å². The zero-order chi connectivity index (χ0) is 13.1. The third-order valence-electron chi connectivity index (χ3n) is 3.08. The molecule has 2 atom stereocenters. The lowest BCUT2D eigenvalue weighted by molar-refractivity contribution is 0.597. The van der Waals surface area contributed by atoms with Crippen LogP contribution in [-0.4, -0.2) is 19.5 Å². The van der Waals surface area contributed by atoms with Crippen LogP contribution in [0.2, 0.25) is 0 Å². The molecule has 0 aliphatic carbocycles. The molecule has 0 radical (unpaired) electrons. The van der Waals surface area contributed by atoms with Gasteiger partial charge >= 0.3 is 0 Å². The highest BCUT2D eigenvalue weighted by Gasteiger charge is 2.16. The first-order valence-corrected chi connectivity index (χ1v) is 7.98. The van der Waals surface area contributed by atoms with Gasteiger partial charge in [0.05, 0.1) is 10.6 Å². The van der Waals surface area contributed by atoms with E-state index < -0.39 is 9.84 Å². The molecule has 0 amide bonds. The Bertz CT molecular complexity index is 451. The fourth-order valence-electron chi connectivity index (χ4n) is 1.71. The molecule has 1 rings (SSSR count). The normalized spacial score (nSPS) is 15.5. The quantitative estimate of drug-likeness (QED) is 0.769. The molecule has 0 aliphatic heterocycles. The molecule has 4 heteroatoms. The summed E-state index contributed by atoms with van der Waals surface area (Å²) in [5, 5.41) is 0.0867. The molecule has 0 saturated carbocycles. The molecule has 0 saturated heterocycles. The predicted molar refractivity (Wildman–Crippen MR) is 72.5 cm³/mol. The number of rotatable bonds is 5. The standard InChI is InChI=1S/C13H19ClO2S/c1-4-13(14)10(3)11-6-8-12(9-7-11)17(15,16)5-2/h6-10,13H,4-5H2,1-3H3. The van der Waals surface area contributed by atoms with Crippen molar-refractivity contribution < 1.29 is 8.42 Å². The monoisotopic (exact) mass is 274 g/mol. The van der Waals surface area contributed by atoms with Crippen LogP contribution in [0.15, 0.2) is 29.2 Å². The summed E-state index contributed by atoms with van der Waals surface area (Å²) in [7, 11) is -3.10. The van der Waals surface area contributed by atoms with Crippen LogP contribution in [0.1, 0.15) is 38.7 Å². The minimum Gasteiger partial charge on any atom is -0.224 e. The van der Waals surface area contributed by atoms with Crippen molar-refractivity contribution >= 4 is 21.4 Å². The highest BCUT2D eigenvalue weighted by atomic mass is 35.5. The minimum atomic E-state index is -3.10. The van der Waals surface area contributed by atoms with Crippen molar-refractivity contribution in [3.05, 3.63) is 29.8 Å². The second kappa shape index (κ2) is 5.87. The maximum absolute atomic E-state index is 11.6. The van der Waals surface area contributed by atoms with Crippen LogP contribution in [-0.2, 0) is 9.84 Å². The maximum atomic E-state index is 11.6. The summed E-state index contributed by atoms with van der Waals surface area (Å²) in [6.07, 6.45) is 0.901. The van der Waals surface area contributed by atoms with Gasteiger partial charge in [0.15, 0.2) is 9.84 Å². The second-order valence-corrected chi connectivity index (χ2v) is 7.02. The van der Waals surface area contributed by atoms with Crippen LogP contribution in [0, 0.1) is 0 Å². The van der Waals surface area contributed by atoms with Gasteiger partial charge in [0.1, 0.15) is 0 Å². The van der Waals surface area contributed by atoms with Crippen molar-refractivity contribution in [3.8, 4) is 0 Å². The van der Waals surface area contributed by atoms with Gasteiger partial charge in [-0.2, -0.15) is 0 Å². The number of halogens is 1. The van der Waals surface area contributed by atoms with E-state index in [0.29, 0.717) is 4.90 Å². The molecule has 1 aromatic rings. The first-order valence-electron chi connectivity index (χ1n) is 5.89. The highest BCUT2D eigenvalue weighted by Crippen LogP contribution is 2.26. The summed E-state index contributed by atoms with van der Waals surface area (Å²) in [4.78, 5) is 0.388. The average Bonchev–Trinajstić information content (AvgIpc) is 2.37.